The van der Waals surface area contributed by atoms with Gasteiger partial charge >= 0.3 is 0 Å². The van der Waals surface area contributed by atoms with E-state index >= 15 is 0 Å². The Balaban J connectivity index is 2.02. The molecule has 3 heterocycles. The van der Waals surface area contributed by atoms with Crippen LogP contribution in [0.5, 0.6) is 0 Å². The molecule has 5 heteroatoms. The fourth-order valence-electron chi connectivity index (χ4n) is 2.59. The van der Waals surface area contributed by atoms with E-state index in [-0.39, 0.29) is 6.10 Å². The normalized spacial score (nSPS) is 23.8. The van der Waals surface area contributed by atoms with Crippen molar-refractivity contribution in [3.8, 4) is 0 Å². The van der Waals surface area contributed by atoms with Gasteiger partial charge in [-0.3, -0.25) is 9.20 Å². The highest BCUT2D eigenvalue weighted by atomic mass is 16.3. The number of rotatable bonds is 2. The van der Waals surface area contributed by atoms with Crippen LogP contribution in [0.3, 0.4) is 0 Å². The summed E-state index contributed by atoms with van der Waals surface area (Å²) < 4.78 is 1.78. The molecule has 5 nitrogen and oxygen atoms in total. The summed E-state index contributed by atoms with van der Waals surface area (Å²) in [4.78, 5) is 17.9. The number of hydrogen-bond acceptors (Lipinski definition) is 4. The Morgan fingerprint density at radius 2 is 2.32 bits per heavy atom. The number of aliphatic hydroxyl groups excluding tert-OH is 1. The molecule has 2 aromatic rings. The Morgan fingerprint density at radius 1 is 1.47 bits per heavy atom. The molecular weight excluding hydrogens is 242 g/mol. The van der Waals surface area contributed by atoms with Gasteiger partial charge in [0.15, 0.2) is 12.1 Å². The molecule has 19 heavy (non-hydrogen) atoms. The van der Waals surface area contributed by atoms with E-state index in [9.17, 15) is 9.90 Å². The average molecular weight is 259 g/mol. The summed E-state index contributed by atoms with van der Waals surface area (Å²) in [5.74, 6) is 0.972. The summed E-state index contributed by atoms with van der Waals surface area (Å²) in [5.41, 5.74) is 1.31. The monoisotopic (exact) mass is 259 g/mol. The number of carbonyl (C=O) groups is 1. The molecule has 1 N–H and O–H groups in total. The Labute approximate surface area is 111 Å². The summed E-state index contributed by atoms with van der Waals surface area (Å²) in [6, 6.07) is 5.64. The molecule has 2 aromatic heterocycles. The van der Waals surface area contributed by atoms with E-state index in [4.69, 9.17) is 0 Å². The topological polar surface area (TPSA) is 57.8 Å². The molecule has 0 bridgehead atoms. The lowest BCUT2D eigenvalue weighted by Crippen LogP contribution is -2.43. The van der Waals surface area contributed by atoms with Crippen molar-refractivity contribution >= 4 is 17.8 Å². The summed E-state index contributed by atoms with van der Waals surface area (Å²) in [6.07, 6.45) is 3.21. The summed E-state index contributed by atoms with van der Waals surface area (Å²) in [5, 5.41) is 9.98. The molecule has 0 saturated carbocycles. The van der Waals surface area contributed by atoms with E-state index in [0.717, 1.165) is 24.9 Å². The van der Waals surface area contributed by atoms with E-state index in [0.29, 0.717) is 24.0 Å². The first-order valence-corrected chi connectivity index (χ1v) is 6.56. The number of nitrogens with zero attached hydrogens (tertiary/aromatic N) is 3. The molecule has 1 fully saturated rings. The van der Waals surface area contributed by atoms with Crippen LogP contribution in [0.1, 0.15) is 23.8 Å². The minimum Gasteiger partial charge on any atom is -0.391 e. The van der Waals surface area contributed by atoms with Gasteiger partial charge in [-0.1, -0.05) is 13.0 Å². The third kappa shape index (κ3) is 2.00. The second kappa shape index (κ2) is 4.66. The smallest absolute Gasteiger partial charge is 0.170 e. The van der Waals surface area contributed by atoms with Crippen molar-refractivity contribution in [1.82, 2.24) is 9.38 Å². The third-order valence-electron chi connectivity index (χ3n) is 3.88. The van der Waals surface area contributed by atoms with Crippen LogP contribution in [0, 0.1) is 5.92 Å². The first-order chi connectivity index (χ1) is 9.20. The van der Waals surface area contributed by atoms with E-state index < -0.39 is 0 Å². The maximum absolute atomic E-state index is 11.3. The van der Waals surface area contributed by atoms with E-state index in [1.54, 1.807) is 4.40 Å². The van der Waals surface area contributed by atoms with Gasteiger partial charge in [0, 0.05) is 19.3 Å². The highest BCUT2D eigenvalue weighted by Gasteiger charge is 2.27. The Hall–Kier alpha value is -1.88. The fraction of sp³-hybridized carbons (Fsp3) is 0.429. The molecular formula is C14H17N3O2. The van der Waals surface area contributed by atoms with Crippen molar-refractivity contribution in [2.75, 3.05) is 18.0 Å². The number of aromatic nitrogens is 2. The van der Waals surface area contributed by atoms with Gasteiger partial charge in [-0.2, -0.15) is 0 Å². The van der Waals surface area contributed by atoms with Gasteiger partial charge in [-0.25, -0.2) is 4.98 Å². The lowest BCUT2D eigenvalue weighted by atomic mass is 9.96. The fourth-order valence-corrected chi connectivity index (χ4v) is 2.59. The molecule has 0 radical (unpaired) electrons. The van der Waals surface area contributed by atoms with Crippen LogP contribution < -0.4 is 4.90 Å². The molecule has 0 amide bonds. The summed E-state index contributed by atoms with van der Waals surface area (Å²) in [7, 11) is 0. The molecule has 1 aliphatic heterocycles. The van der Waals surface area contributed by atoms with Crippen molar-refractivity contribution in [2.24, 2.45) is 5.92 Å². The Kier molecular flexibility index (Phi) is 2.98. The Bertz CT molecular complexity index is 608. The molecule has 1 saturated heterocycles. The highest BCUT2D eigenvalue weighted by molar-refractivity contribution is 5.83. The zero-order valence-corrected chi connectivity index (χ0v) is 10.9. The van der Waals surface area contributed by atoms with Crippen molar-refractivity contribution in [3.05, 3.63) is 30.1 Å². The second-order valence-electron chi connectivity index (χ2n) is 5.15. The van der Waals surface area contributed by atoms with E-state index in [1.807, 2.05) is 36.2 Å². The van der Waals surface area contributed by atoms with Crippen molar-refractivity contribution in [1.29, 1.82) is 0 Å². The van der Waals surface area contributed by atoms with Gasteiger partial charge in [0.2, 0.25) is 0 Å². The van der Waals surface area contributed by atoms with Gasteiger partial charge in [0.05, 0.1) is 6.10 Å². The minimum atomic E-state index is -0.363. The largest absolute Gasteiger partial charge is 0.391 e. The van der Waals surface area contributed by atoms with Gasteiger partial charge in [-0.05, 0) is 24.5 Å². The zero-order chi connectivity index (χ0) is 13.4. The second-order valence-corrected chi connectivity index (χ2v) is 5.15. The SMILES string of the molecule is CC1CCN(c2nc3ccccn3c2C=O)CC1O. The quantitative estimate of drug-likeness (QED) is 0.827. The molecule has 0 aromatic carbocycles. The predicted octanol–water partition coefficient (Wildman–Crippen LogP) is 1.35. The molecule has 2 atom stereocenters. The van der Waals surface area contributed by atoms with E-state index in [2.05, 4.69) is 4.98 Å². The molecule has 1 aliphatic rings. The number of imidazole rings is 1. The lowest BCUT2D eigenvalue weighted by Gasteiger charge is -2.34. The number of hydrogen-bond donors (Lipinski definition) is 1. The lowest BCUT2D eigenvalue weighted by molar-refractivity contribution is 0.102. The number of pyridine rings is 1. The number of aldehydes is 1. The number of piperidine rings is 1. The number of carbonyl (C=O) groups excluding carboxylic acids is 1. The number of anilines is 1. The maximum atomic E-state index is 11.3. The first kappa shape index (κ1) is 12.2. The number of β-amino-alcohol motifs (C(OH)–C–C–N with tert-alkyl or cyclic N) is 1. The zero-order valence-electron chi connectivity index (χ0n) is 10.9. The van der Waals surface area contributed by atoms with Crippen LogP contribution in [0.4, 0.5) is 5.82 Å². The van der Waals surface area contributed by atoms with Crippen molar-refractivity contribution in [2.45, 2.75) is 19.4 Å². The van der Waals surface area contributed by atoms with Crippen LogP contribution >= 0.6 is 0 Å². The molecule has 0 spiro atoms. The highest BCUT2D eigenvalue weighted by Crippen LogP contribution is 2.25. The van der Waals surface area contributed by atoms with Crippen LogP contribution in [-0.4, -0.2) is 40.0 Å². The third-order valence-corrected chi connectivity index (χ3v) is 3.88. The summed E-state index contributed by atoms with van der Waals surface area (Å²) >= 11 is 0. The first-order valence-electron chi connectivity index (χ1n) is 6.56. The van der Waals surface area contributed by atoms with E-state index in [1.165, 1.54) is 0 Å². The van der Waals surface area contributed by atoms with Crippen LogP contribution in [0.15, 0.2) is 24.4 Å². The Morgan fingerprint density at radius 3 is 3.05 bits per heavy atom. The predicted molar refractivity (Wildman–Crippen MR) is 72.6 cm³/mol. The molecule has 3 rings (SSSR count). The average Bonchev–Trinajstić information content (AvgIpc) is 2.80. The van der Waals surface area contributed by atoms with Gasteiger partial charge < -0.3 is 10.0 Å². The van der Waals surface area contributed by atoms with Gasteiger partial charge in [0.25, 0.3) is 0 Å². The van der Waals surface area contributed by atoms with Crippen molar-refractivity contribution < 1.29 is 9.90 Å². The van der Waals surface area contributed by atoms with Crippen LogP contribution in [0.25, 0.3) is 5.65 Å². The summed E-state index contributed by atoms with van der Waals surface area (Å²) in [6.45, 7) is 3.40. The number of fused-ring (bicyclic) bond motifs is 1. The number of aliphatic hydroxyl groups is 1. The maximum Gasteiger partial charge on any atom is 0.170 e. The molecule has 100 valence electrons. The molecule has 0 aliphatic carbocycles. The van der Waals surface area contributed by atoms with Gasteiger partial charge in [0.1, 0.15) is 11.3 Å². The van der Waals surface area contributed by atoms with Crippen LogP contribution in [0.2, 0.25) is 0 Å². The van der Waals surface area contributed by atoms with Crippen molar-refractivity contribution in [3.63, 3.8) is 0 Å². The minimum absolute atomic E-state index is 0.299. The van der Waals surface area contributed by atoms with Gasteiger partial charge in [-0.15, -0.1) is 0 Å². The standard InChI is InChI=1S/C14H17N3O2/c1-10-5-7-16(8-12(10)19)14-11(9-18)17-6-3-2-4-13(17)15-14/h2-4,6,9-10,12,19H,5,7-8H2,1H3. The molecule has 2 unspecified atom stereocenters. The van der Waals surface area contributed by atoms with Crippen LogP contribution in [-0.2, 0) is 0 Å².